The largest absolute Gasteiger partial charge is 0.504 e. The van der Waals surface area contributed by atoms with Gasteiger partial charge in [0.25, 0.3) is 0 Å². The van der Waals surface area contributed by atoms with E-state index in [4.69, 9.17) is 9.47 Å². The van der Waals surface area contributed by atoms with E-state index in [1.165, 1.54) is 0 Å². The average Bonchev–Trinajstić information content (AvgIpc) is 3.24. The van der Waals surface area contributed by atoms with Crippen LogP contribution in [-0.2, 0) is 26.2 Å². The first-order valence-electron chi connectivity index (χ1n) is 14.2. The van der Waals surface area contributed by atoms with E-state index in [0.29, 0.717) is 44.3 Å². The molecule has 7 atom stereocenters. The number of aromatic hydroxyl groups is 1. The molecule has 2 amide bonds. The number of aliphatic hydroxyl groups is 1. The number of phenolic OH excluding ortho intramolecular Hbond substituents is 1. The molecule has 1 aromatic rings. The molecule has 206 valence electrons. The summed E-state index contributed by atoms with van der Waals surface area (Å²) in [4.78, 5) is 27.6. The number of hydrogen-bond acceptors (Lipinski definition) is 6. The van der Waals surface area contributed by atoms with Gasteiger partial charge >= 0.3 is 0 Å². The van der Waals surface area contributed by atoms with Gasteiger partial charge in [0.15, 0.2) is 11.5 Å². The van der Waals surface area contributed by atoms with Crippen molar-refractivity contribution >= 4 is 19.7 Å². The molecule has 3 unspecified atom stereocenters. The fraction of sp³-hybridized carbons (Fsp3) is 0.724. The lowest BCUT2D eigenvalue weighted by Gasteiger charge is -2.75. The van der Waals surface area contributed by atoms with Crippen LogP contribution in [0.5, 0.6) is 11.5 Å². The van der Waals surface area contributed by atoms with Crippen molar-refractivity contribution in [3.05, 3.63) is 23.3 Å². The van der Waals surface area contributed by atoms with Crippen LogP contribution in [0, 0.1) is 16.7 Å². The number of nitrogens with zero attached hydrogens (tertiary/aromatic N) is 1. The van der Waals surface area contributed by atoms with Gasteiger partial charge in [0.1, 0.15) is 19.6 Å². The predicted molar refractivity (Wildman–Crippen MR) is 144 cm³/mol. The molecule has 1 aromatic carbocycles. The van der Waals surface area contributed by atoms with Gasteiger partial charge < -0.3 is 29.9 Å². The number of ether oxygens (including phenoxy) is 2. The number of carbonyl (C=O) groups is 2. The van der Waals surface area contributed by atoms with Gasteiger partial charge in [0.05, 0.1) is 12.1 Å². The smallest absolute Gasteiger partial charge is 0.242 e. The number of benzene rings is 1. The Balaban J connectivity index is 1.54. The van der Waals surface area contributed by atoms with Crippen molar-refractivity contribution in [1.29, 1.82) is 0 Å². The molecule has 0 radical (unpaired) electrons. The highest BCUT2D eigenvalue weighted by molar-refractivity contribution is 6.19. The van der Waals surface area contributed by atoms with E-state index in [2.05, 4.69) is 26.1 Å². The van der Waals surface area contributed by atoms with Gasteiger partial charge in [-0.1, -0.05) is 26.8 Å². The number of amides is 2. The van der Waals surface area contributed by atoms with Gasteiger partial charge in [-0.3, -0.25) is 9.59 Å². The molecule has 0 aromatic heterocycles. The monoisotopic (exact) mass is 524 g/mol. The molecule has 38 heavy (non-hydrogen) atoms. The van der Waals surface area contributed by atoms with E-state index in [0.717, 1.165) is 17.5 Å². The Morgan fingerprint density at radius 2 is 1.97 bits per heavy atom. The van der Waals surface area contributed by atoms with Crippen molar-refractivity contribution < 1.29 is 29.3 Å². The quantitative estimate of drug-likeness (QED) is 0.507. The Labute approximate surface area is 225 Å². The molecule has 9 heteroatoms. The number of carbonyl (C=O) groups excluding carboxylic acids is 2. The second kappa shape index (κ2) is 7.91. The van der Waals surface area contributed by atoms with Gasteiger partial charge in [-0.2, -0.15) is 0 Å². The van der Waals surface area contributed by atoms with Crippen molar-refractivity contribution in [2.24, 2.45) is 16.7 Å². The molecule has 1 saturated heterocycles. The molecule has 3 saturated carbocycles. The third-order valence-electron chi connectivity index (χ3n) is 11.6. The number of nitrogens with one attached hydrogen (secondary N) is 1. The molecular weight excluding hydrogens is 483 g/mol. The molecule has 4 fully saturated rings. The van der Waals surface area contributed by atoms with Crippen LogP contribution in [0.25, 0.3) is 0 Å². The van der Waals surface area contributed by atoms with Crippen molar-refractivity contribution in [3.8, 4) is 11.5 Å². The fourth-order valence-corrected chi connectivity index (χ4v) is 9.34. The van der Waals surface area contributed by atoms with E-state index < -0.39 is 22.0 Å². The Hall–Kier alpha value is -2.26. The van der Waals surface area contributed by atoms with Gasteiger partial charge in [-0.05, 0) is 62.4 Å². The normalized spacial score (nSPS) is 37.7. The first-order chi connectivity index (χ1) is 17.8. The standard InChI is InChI=1S/C29H41BN2O6/c1-25(2,3)26(4,36)18-13-27-8-9-29(18,37-5)24-28(27)10-11-32(21(35)15-31-20(34)14-30)19(27)12-16-6-7-17(33)23(38-24)22(16)28/h6-7,18-19,24,33,36H,8-15,30H2,1-5H3,(H,31,34)/t18?,19?,24-,26+,27-,28?,29+/m1/s1. The SMILES string of the molecule is BCC(=O)NCC(=O)N1CCC23c4c5ccc(O)c4O[C@H]2[C@]2(OC)CC[C@@]3(CC2[C@](C)(O)C(C)(C)C)C1C5. The summed E-state index contributed by atoms with van der Waals surface area (Å²) in [5.41, 5.74) is -0.772. The van der Waals surface area contributed by atoms with Gasteiger partial charge in [0.2, 0.25) is 11.8 Å². The van der Waals surface area contributed by atoms with Crippen molar-refractivity contribution in [2.45, 2.75) is 94.9 Å². The molecule has 4 aliphatic carbocycles. The number of likely N-dealkylation sites (tertiary alicyclic amines) is 1. The molecule has 3 N–H and O–H groups in total. The minimum absolute atomic E-state index is 0.00892. The summed E-state index contributed by atoms with van der Waals surface area (Å²) in [6.07, 6.45) is 3.59. The van der Waals surface area contributed by atoms with E-state index >= 15 is 0 Å². The van der Waals surface area contributed by atoms with Crippen molar-refractivity contribution in [1.82, 2.24) is 10.2 Å². The highest BCUT2D eigenvalue weighted by Gasteiger charge is 2.82. The van der Waals surface area contributed by atoms with Crippen LogP contribution in [0.3, 0.4) is 0 Å². The van der Waals surface area contributed by atoms with Crippen molar-refractivity contribution in [2.75, 3.05) is 20.2 Å². The Kier molecular flexibility index (Phi) is 5.41. The molecule has 7 rings (SSSR count). The maximum atomic E-state index is 13.6. The summed E-state index contributed by atoms with van der Waals surface area (Å²) >= 11 is 0. The van der Waals surface area contributed by atoms with E-state index in [1.807, 2.05) is 17.9 Å². The van der Waals surface area contributed by atoms with Crippen molar-refractivity contribution in [3.63, 3.8) is 0 Å². The van der Waals surface area contributed by atoms with E-state index in [1.54, 1.807) is 21.0 Å². The van der Waals surface area contributed by atoms with Crippen LogP contribution in [0.4, 0.5) is 0 Å². The van der Waals surface area contributed by atoms with E-state index in [9.17, 15) is 19.8 Å². The highest BCUT2D eigenvalue weighted by atomic mass is 16.6. The summed E-state index contributed by atoms with van der Waals surface area (Å²) < 4.78 is 13.3. The van der Waals surface area contributed by atoms with Crippen LogP contribution in [0.2, 0.25) is 6.32 Å². The topological polar surface area (TPSA) is 108 Å². The number of fused-ring (bicyclic) bond motifs is 2. The fourth-order valence-electron chi connectivity index (χ4n) is 9.34. The predicted octanol–water partition coefficient (Wildman–Crippen LogP) is 1.70. The highest BCUT2D eigenvalue weighted by Crippen LogP contribution is 2.78. The Morgan fingerprint density at radius 1 is 1.24 bits per heavy atom. The van der Waals surface area contributed by atoms with Crippen LogP contribution in [0.1, 0.15) is 64.5 Å². The maximum Gasteiger partial charge on any atom is 0.242 e. The van der Waals surface area contributed by atoms with Crippen LogP contribution in [-0.4, -0.2) is 78.3 Å². The van der Waals surface area contributed by atoms with E-state index in [-0.39, 0.29) is 47.6 Å². The lowest BCUT2D eigenvalue weighted by molar-refractivity contribution is -0.310. The summed E-state index contributed by atoms with van der Waals surface area (Å²) in [5.74, 6) is 0.274. The van der Waals surface area contributed by atoms with Crippen LogP contribution in [0.15, 0.2) is 12.1 Å². The number of phenols is 1. The Morgan fingerprint density at radius 3 is 2.63 bits per heavy atom. The minimum atomic E-state index is -1.07. The summed E-state index contributed by atoms with van der Waals surface area (Å²) in [6.45, 7) is 8.67. The number of methoxy groups -OCH3 is 1. The molecule has 4 bridgehead atoms. The first kappa shape index (κ1) is 26.0. The summed E-state index contributed by atoms with van der Waals surface area (Å²) in [7, 11) is 3.52. The molecular formula is C29H41BN2O6. The molecule has 6 aliphatic rings. The van der Waals surface area contributed by atoms with Gasteiger partial charge in [-0.25, -0.2) is 0 Å². The second-order valence-corrected chi connectivity index (χ2v) is 13.6. The second-order valence-electron chi connectivity index (χ2n) is 13.6. The zero-order valence-electron chi connectivity index (χ0n) is 23.5. The maximum absolute atomic E-state index is 13.6. The zero-order chi connectivity index (χ0) is 27.5. The molecule has 2 heterocycles. The summed E-state index contributed by atoms with van der Waals surface area (Å²) in [6, 6.07) is 3.59. The zero-order valence-corrected chi connectivity index (χ0v) is 23.5. The van der Waals surface area contributed by atoms with Crippen LogP contribution >= 0.6 is 0 Å². The molecule has 8 nitrogen and oxygen atoms in total. The average molecular weight is 524 g/mol. The minimum Gasteiger partial charge on any atom is -0.504 e. The first-order valence-corrected chi connectivity index (χ1v) is 14.2. The lowest BCUT2D eigenvalue weighted by atomic mass is 9.33. The molecule has 2 aliphatic heterocycles. The molecule has 2 spiro atoms. The van der Waals surface area contributed by atoms with Gasteiger partial charge in [0, 0.05) is 42.0 Å². The third-order valence-corrected chi connectivity index (χ3v) is 11.6. The van der Waals surface area contributed by atoms with Crippen LogP contribution < -0.4 is 10.1 Å². The number of hydrogen-bond donors (Lipinski definition) is 3. The Bertz CT molecular complexity index is 1210. The number of rotatable bonds is 5. The third kappa shape index (κ3) is 2.85. The van der Waals surface area contributed by atoms with Gasteiger partial charge in [-0.15, -0.1) is 0 Å². The number of piperidine rings is 1. The summed E-state index contributed by atoms with van der Waals surface area (Å²) in [5, 5.41) is 26.0. The lowest BCUT2D eigenvalue weighted by Crippen LogP contribution is -2.83.